The molecule has 1 heterocycles. The Hall–Kier alpha value is -1.63. The summed E-state index contributed by atoms with van der Waals surface area (Å²) in [5.74, 6) is 0.182. The molecule has 0 saturated carbocycles. The molecule has 1 atom stereocenters. The molecule has 1 aliphatic heterocycles. The van der Waals surface area contributed by atoms with E-state index in [0.29, 0.717) is 18.1 Å². The van der Waals surface area contributed by atoms with E-state index >= 15 is 0 Å². The first-order valence-electron chi connectivity index (χ1n) is 9.71. The van der Waals surface area contributed by atoms with Crippen LogP contribution in [0.2, 0.25) is 5.02 Å². The number of carbonyl (C=O) groups excluding carboxylic acids is 2. The van der Waals surface area contributed by atoms with E-state index in [1.165, 1.54) is 0 Å². The van der Waals surface area contributed by atoms with Crippen LogP contribution in [-0.2, 0) is 16.1 Å². The number of nitrogens with zero attached hydrogens (tertiary/aromatic N) is 3. The first-order chi connectivity index (χ1) is 13.0. The third kappa shape index (κ3) is 6.19. The van der Waals surface area contributed by atoms with Crippen molar-refractivity contribution in [2.75, 3.05) is 45.8 Å². The molecule has 0 aliphatic carbocycles. The Labute approximate surface area is 167 Å². The lowest BCUT2D eigenvalue weighted by atomic mass is 10.2. The second-order valence-corrected chi connectivity index (χ2v) is 7.27. The van der Waals surface area contributed by atoms with Gasteiger partial charge in [-0.3, -0.25) is 19.4 Å². The molecule has 6 nitrogen and oxygen atoms in total. The fraction of sp³-hybridized carbons (Fsp3) is 0.600. The first kappa shape index (κ1) is 21.7. The Morgan fingerprint density at radius 3 is 2.37 bits per heavy atom. The number of nitrogens with one attached hydrogen (secondary N) is 1. The van der Waals surface area contributed by atoms with Gasteiger partial charge in [0.1, 0.15) is 0 Å². The second kappa shape index (κ2) is 10.6. The minimum absolute atomic E-state index is 0.00240. The standard InChI is InChI=1S/C20H31ClN4O2/c1-4-24(5-2)19(26)15-23-10-12-25(13-11-23)16(3)20(27)22-14-17-8-6-7-9-18(17)21/h6-9,16H,4-5,10-15H2,1-3H3,(H,22,27). The van der Waals surface area contributed by atoms with E-state index < -0.39 is 0 Å². The zero-order chi connectivity index (χ0) is 19.8. The molecule has 2 amide bonds. The van der Waals surface area contributed by atoms with Gasteiger partial charge in [0.2, 0.25) is 11.8 Å². The number of halogens is 1. The highest BCUT2D eigenvalue weighted by atomic mass is 35.5. The fourth-order valence-corrected chi connectivity index (χ4v) is 3.52. The number of amides is 2. The maximum Gasteiger partial charge on any atom is 0.237 e. The molecule has 0 aromatic heterocycles. The second-order valence-electron chi connectivity index (χ2n) is 6.86. The number of hydrogen-bond acceptors (Lipinski definition) is 4. The molecule has 1 saturated heterocycles. The summed E-state index contributed by atoms with van der Waals surface area (Å²) >= 11 is 6.14. The Morgan fingerprint density at radius 2 is 1.78 bits per heavy atom. The maximum atomic E-state index is 12.5. The Kier molecular flexibility index (Phi) is 8.54. The summed E-state index contributed by atoms with van der Waals surface area (Å²) in [5, 5.41) is 3.63. The Morgan fingerprint density at radius 1 is 1.15 bits per heavy atom. The lowest BCUT2D eigenvalue weighted by Gasteiger charge is -2.37. The zero-order valence-corrected chi connectivity index (χ0v) is 17.3. The van der Waals surface area contributed by atoms with Crippen LogP contribution in [0.15, 0.2) is 24.3 Å². The average Bonchev–Trinajstić information content (AvgIpc) is 2.68. The Bertz CT molecular complexity index is 628. The smallest absolute Gasteiger partial charge is 0.237 e. The minimum atomic E-state index is -0.201. The predicted molar refractivity (Wildman–Crippen MR) is 109 cm³/mol. The number of hydrogen-bond donors (Lipinski definition) is 1. The molecule has 0 radical (unpaired) electrons. The van der Waals surface area contributed by atoms with Crippen molar-refractivity contribution in [2.24, 2.45) is 0 Å². The average molecular weight is 395 g/mol. The monoisotopic (exact) mass is 394 g/mol. The molecule has 2 rings (SSSR count). The van der Waals surface area contributed by atoms with Crippen molar-refractivity contribution in [3.8, 4) is 0 Å². The molecule has 0 spiro atoms. The fourth-order valence-electron chi connectivity index (χ4n) is 3.31. The summed E-state index contributed by atoms with van der Waals surface area (Å²) in [4.78, 5) is 30.9. The number of rotatable bonds is 8. The van der Waals surface area contributed by atoms with Crippen LogP contribution in [0.4, 0.5) is 0 Å². The van der Waals surface area contributed by atoms with Crippen LogP contribution >= 0.6 is 11.6 Å². The molecule has 1 aromatic rings. The van der Waals surface area contributed by atoms with Gasteiger partial charge in [-0.25, -0.2) is 0 Å². The van der Waals surface area contributed by atoms with Gasteiger partial charge in [-0.05, 0) is 32.4 Å². The summed E-state index contributed by atoms with van der Waals surface area (Å²) in [5.41, 5.74) is 0.916. The van der Waals surface area contributed by atoms with Crippen molar-refractivity contribution in [2.45, 2.75) is 33.4 Å². The van der Waals surface area contributed by atoms with Gasteiger partial charge in [-0.15, -0.1) is 0 Å². The lowest BCUT2D eigenvalue weighted by molar-refractivity contribution is -0.133. The highest BCUT2D eigenvalue weighted by Gasteiger charge is 2.26. The van der Waals surface area contributed by atoms with E-state index in [1.54, 1.807) is 0 Å². The van der Waals surface area contributed by atoms with Crippen molar-refractivity contribution in [1.29, 1.82) is 0 Å². The van der Waals surface area contributed by atoms with Gasteiger partial charge < -0.3 is 10.2 Å². The number of benzene rings is 1. The van der Waals surface area contributed by atoms with Crippen LogP contribution in [0.3, 0.4) is 0 Å². The van der Waals surface area contributed by atoms with Crippen LogP contribution in [0.25, 0.3) is 0 Å². The van der Waals surface area contributed by atoms with Gasteiger partial charge in [0, 0.05) is 50.8 Å². The van der Waals surface area contributed by atoms with Crippen molar-refractivity contribution in [3.05, 3.63) is 34.9 Å². The molecule has 1 aromatic carbocycles. The van der Waals surface area contributed by atoms with E-state index in [9.17, 15) is 9.59 Å². The van der Waals surface area contributed by atoms with Crippen molar-refractivity contribution < 1.29 is 9.59 Å². The molecule has 1 N–H and O–H groups in total. The van der Waals surface area contributed by atoms with Gasteiger partial charge >= 0.3 is 0 Å². The molecule has 27 heavy (non-hydrogen) atoms. The molecular formula is C20H31ClN4O2. The van der Waals surface area contributed by atoms with E-state index in [2.05, 4.69) is 15.1 Å². The summed E-state index contributed by atoms with van der Waals surface area (Å²) in [6.45, 7) is 11.5. The van der Waals surface area contributed by atoms with Crippen LogP contribution in [0.5, 0.6) is 0 Å². The van der Waals surface area contributed by atoms with Crippen LogP contribution in [0.1, 0.15) is 26.3 Å². The summed E-state index contributed by atoms with van der Waals surface area (Å²) < 4.78 is 0. The highest BCUT2D eigenvalue weighted by Crippen LogP contribution is 2.14. The minimum Gasteiger partial charge on any atom is -0.351 e. The molecule has 0 bridgehead atoms. The van der Waals surface area contributed by atoms with Crippen LogP contribution in [0, 0.1) is 0 Å². The summed E-state index contributed by atoms with van der Waals surface area (Å²) in [6, 6.07) is 7.33. The SMILES string of the molecule is CCN(CC)C(=O)CN1CCN(C(C)C(=O)NCc2ccccc2Cl)CC1. The van der Waals surface area contributed by atoms with E-state index in [4.69, 9.17) is 11.6 Å². The Balaban J connectivity index is 1.77. The largest absolute Gasteiger partial charge is 0.351 e. The van der Waals surface area contributed by atoms with Crippen molar-refractivity contribution in [3.63, 3.8) is 0 Å². The van der Waals surface area contributed by atoms with E-state index in [-0.39, 0.29) is 17.9 Å². The molecule has 7 heteroatoms. The lowest BCUT2D eigenvalue weighted by Crippen LogP contribution is -2.55. The molecule has 1 aliphatic rings. The van der Waals surface area contributed by atoms with Crippen molar-refractivity contribution in [1.82, 2.24) is 20.0 Å². The predicted octanol–water partition coefficient (Wildman–Crippen LogP) is 1.83. The first-order valence-corrected chi connectivity index (χ1v) is 10.1. The normalized spacial score (nSPS) is 16.7. The summed E-state index contributed by atoms with van der Waals surface area (Å²) in [6.07, 6.45) is 0. The van der Waals surface area contributed by atoms with Gasteiger partial charge in [-0.1, -0.05) is 29.8 Å². The maximum absolute atomic E-state index is 12.5. The van der Waals surface area contributed by atoms with Gasteiger partial charge in [0.15, 0.2) is 0 Å². The molecular weight excluding hydrogens is 364 g/mol. The molecule has 1 fully saturated rings. The molecule has 1 unspecified atom stereocenters. The van der Waals surface area contributed by atoms with E-state index in [0.717, 1.165) is 44.8 Å². The van der Waals surface area contributed by atoms with Crippen molar-refractivity contribution >= 4 is 23.4 Å². The number of likely N-dealkylation sites (N-methyl/N-ethyl adjacent to an activating group) is 1. The quantitative estimate of drug-likeness (QED) is 0.730. The van der Waals surface area contributed by atoms with Crippen LogP contribution < -0.4 is 5.32 Å². The third-order valence-electron chi connectivity index (χ3n) is 5.22. The molecule has 150 valence electrons. The van der Waals surface area contributed by atoms with Gasteiger partial charge in [0.05, 0.1) is 12.6 Å². The zero-order valence-electron chi connectivity index (χ0n) is 16.6. The summed E-state index contributed by atoms with van der Waals surface area (Å²) in [7, 11) is 0. The highest BCUT2D eigenvalue weighted by molar-refractivity contribution is 6.31. The third-order valence-corrected chi connectivity index (χ3v) is 5.59. The number of piperazine rings is 1. The van der Waals surface area contributed by atoms with Crippen LogP contribution in [-0.4, -0.2) is 78.4 Å². The number of carbonyl (C=O) groups is 2. The van der Waals surface area contributed by atoms with Gasteiger partial charge in [0.25, 0.3) is 0 Å². The van der Waals surface area contributed by atoms with Gasteiger partial charge in [-0.2, -0.15) is 0 Å². The topological polar surface area (TPSA) is 55.9 Å². The van der Waals surface area contributed by atoms with E-state index in [1.807, 2.05) is 49.9 Å².